The maximum absolute atomic E-state index is 4.97. The third-order valence-electron chi connectivity index (χ3n) is 1.82. The number of hydrogen-bond acceptors (Lipinski definition) is 1. The fourth-order valence-electron chi connectivity index (χ4n) is 0.634. The lowest BCUT2D eigenvalue weighted by molar-refractivity contribution is 0.354. The lowest BCUT2D eigenvalue weighted by Crippen LogP contribution is -2.11. The average molecular weight is 124 g/mol. The Kier molecular flexibility index (Phi) is 1.35. The van der Waals surface area contributed by atoms with Gasteiger partial charge in [0.05, 0.1) is 12.5 Å². The highest BCUT2D eigenvalue weighted by atomic mass is 16.5. The van der Waals surface area contributed by atoms with Crippen molar-refractivity contribution < 1.29 is 4.74 Å². The van der Waals surface area contributed by atoms with Crippen molar-refractivity contribution in [2.45, 2.75) is 20.8 Å². The summed E-state index contributed by atoms with van der Waals surface area (Å²) in [6.07, 6.45) is 5.58. The third-order valence-corrected chi connectivity index (χ3v) is 1.82. The summed E-state index contributed by atoms with van der Waals surface area (Å²) in [6, 6.07) is 0. The number of hydrogen-bond donors (Lipinski definition) is 0. The second-order valence-electron chi connectivity index (χ2n) is 2.96. The summed E-state index contributed by atoms with van der Waals surface area (Å²) in [6.45, 7) is 6.40. The van der Waals surface area contributed by atoms with Gasteiger partial charge in [-0.25, -0.2) is 0 Å². The molecule has 1 nitrogen and oxygen atoms in total. The van der Waals surface area contributed by atoms with Crippen molar-refractivity contribution in [2.75, 3.05) is 0 Å². The highest BCUT2D eigenvalue weighted by molar-refractivity contribution is 5.17. The van der Waals surface area contributed by atoms with Gasteiger partial charge in [0.1, 0.15) is 0 Å². The molecule has 0 aromatic carbocycles. The molecule has 0 fully saturated rings. The molecule has 0 atom stereocenters. The van der Waals surface area contributed by atoms with Gasteiger partial charge in [-0.3, -0.25) is 0 Å². The Bertz CT molecular complexity index is 163. The van der Waals surface area contributed by atoms with Crippen LogP contribution in [0.15, 0.2) is 24.2 Å². The Labute approximate surface area is 56.0 Å². The van der Waals surface area contributed by atoms with Crippen LogP contribution in [0.3, 0.4) is 0 Å². The first kappa shape index (κ1) is 6.40. The zero-order chi connectivity index (χ0) is 6.91. The first-order valence-corrected chi connectivity index (χ1v) is 3.13. The van der Waals surface area contributed by atoms with Crippen molar-refractivity contribution in [1.29, 1.82) is 0 Å². The summed E-state index contributed by atoms with van der Waals surface area (Å²) in [5.41, 5.74) is 1.46. The van der Waals surface area contributed by atoms with E-state index in [1.165, 1.54) is 5.57 Å². The molecule has 50 valence electrons. The monoisotopic (exact) mass is 124 g/mol. The van der Waals surface area contributed by atoms with Gasteiger partial charge in [-0.05, 0) is 18.6 Å². The van der Waals surface area contributed by atoms with Crippen LogP contribution in [-0.2, 0) is 4.74 Å². The Morgan fingerprint density at radius 1 is 1.44 bits per heavy atom. The highest BCUT2D eigenvalue weighted by Crippen LogP contribution is 2.29. The van der Waals surface area contributed by atoms with E-state index >= 15 is 0 Å². The number of allylic oxidation sites excluding steroid dienone is 2. The summed E-state index contributed by atoms with van der Waals surface area (Å²) < 4.78 is 4.97. The quantitative estimate of drug-likeness (QED) is 0.482. The molecular formula is C8H12O. The van der Waals surface area contributed by atoms with E-state index in [1.54, 1.807) is 12.5 Å². The van der Waals surface area contributed by atoms with Gasteiger partial charge in [-0.15, -0.1) is 0 Å². The Morgan fingerprint density at radius 3 is 2.44 bits per heavy atom. The van der Waals surface area contributed by atoms with Gasteiger partial charge in [0, 0.05) is 5.41 Å². The molecule has 0 aromatic rings. The highest BCUT2D eigenvalue weighted by Gasteiger charge is 2.18. The van der Waals surface area contributed by atoms with Crippen molar-refractivity contribution in [3.63, 3.8) is 0 Å². The smallest absolute Gasteiger partial charge is 0.0899 e. The summed E-state index contributed by atoms with van der Waals surface area (Å²) in [5.74, 6) is 0. The molecule has 0 spiro atoms. The Balaban J connectivity index is 2.83. The second kappa shape index (κ2) is 1.90. The molecule has 1 heterocycles. The molecule has 0 bridgehead atoms. The maximum Gasteiger partial charge on any atom is 0.0899 e. The van der Waals surface area contributed by atoms with E-state index in [-0.39, 0.29) is 5.41 Å². The predicted octanol–water partition coefficient (Wildman–Crippen LogP) is 2.46. The minimum Gasteiger partial charge on any atom is -0.473 e. The van der Waals surface area contributed by atoms with Crippen LogP contribution >= 0.6 is 0 Å². The van der Waals surface area contributed by atoms with E-state index in [0.29, 0.717) is 0 Å². The van der Waals surface area contributed by atoms with Crippen LogP contribution in [0.5, 0.6) is 0 Å². The predicted molar refractivity (Wildman–Crippen MR) is 37.8 cm³/mol. The van der Waals surface area contributed by atoms with Crippen molar-refractivity contribution in [3.05, 3.63) is 24.2 Å². The Morgan fingerprint density at radius 2 is 2.11 bits per heavy atom. The van der Waals surface area contributed by atoms with Crippen LogP contribution in [0.1, 0.15) is 20.8 Å². The van der Waals surface area contributed by atoms with E-state index in [0.717, 1.165) is 0 Å². The largest absolute Gasteiger partial charge is 0.473 e. The molecule has 1 rings (SSSR count). The van der Waals surface area contributed by atoms with Crippen molar-refractivity contribution >= 4 is 0 Å². The SMILES string of the molecule is CC1=COC=CC1(C)C. The molecule has 1 heteroatoms. The van der Waals surface area contributed by atoms with Crippen LogP contribution in [0.2, 0.25) is 0 Å². The topological polar surface area (TPSA) is 9.23 Å². The third kappa shape index (κ3) is 1.15. The summed E-state index contributed by atoms with van der Waals surface area (Å²) in [4.78, 5) is 0. The molecule has 1 aliphatic rings. The summed E-state index contributed by atoms with van der Waals surface area (Å²) in [7, 11) is 0. The zero-order valence-electron chi connectivity index (χ0n) is 6.14. The lowest BCUT2D eigenvalue weighted by Gasteiger charge is -2.23. The van der Waals surface area contributed by atoms with Gasteiger partial charge in [-0.1, -0.05) is 13.8 Å². The van der Waals surface area contributed by atoms with Crippen LogP contribution < -0.4 is 0 Å². The van der Waals surface area contributed by atoms with Crippen LogP contribution in [0.4, 0.5) is 0 Å². The van der Waals surface area contributed by atoms with Crippen LogP contribution in [-0.4, -0.2) is 0 Å². The van der Waals surface area contributed by atoms with Crippen molar-refractivity contribution in [1.82, 2.24) is 0 Å². The molecule has 0 unspecified atom stereocenters. The molecule has 0 saturated carbocycles. The minimum atomic E-state index is 0.193. The van der Waals surface area contributed by atoms with Crippen LogP contribution in [0.25, 0.3) is 0 Å². The van der Waals surface area contributed by atoms with Crippen LogP contribution in [0, 0.1) is 5.41 Å². The zero-order valence-corrected chi connectivity index (χ0v) is 6.14. The number of ether oxygens (including phenoxy) is 1. The lowest BCUT2D eigenvalue weighted by atomic mass is 9.85. The van der Waals surface area contributed by atoms with Gasteiger partial charge in [0.2, 0.25) is 0 Å². The minimum absolute atomic E-state index is 0.193. The van der Waals surface area contributed by atoms with Gasteiger partial charge < -0.3 is 4.74 Å². The van der Waals surface area contributed by atoms with E-state index in [9.17, 15) is 0 Å². The van der Waals surface area contributed by atoms with E-state index in [2.05, 4.69) is 26.8 Å². The molecule has 0 aliphatic carbocycles. The van der Waals surface area contributed by atoms with Gasteiger partial charge in [0.15, 0.2) is 0 Å². The standard InChI is InChI=1S/C8H12O/c1-7-6-9-5-4-8(7,2)3/h4-6H,1-3H3. The molecule has 0 amide bonds. The summed E-state index contributed by atoms with van der Waals surface area (Å²) >= 11 is 0. The van der Waals surface area contributed by atoms with E-state index < -0.39 is 0 Å². The van der Waals surface area contributed by atoms with Gasteiger partial charge in [-0.2, -0.15) is 0 Å². The molecular weight excluding hydrogens is 112 g/mol. The van der Waals surface area contributed by atoms with E-state index in [1.807, 2.05) is 0 Å². The van der Waals surface area contributed by atoms with Gasteiger partial charge in [0.25, 0.3) is 0 Å². The molecule has 1 aliphatic heterocycles. The molecule has 0 N–H and O–H groups in total. The van der Waals surface area contributed by atoms with Crippen molar-refractivity contribution in [2.24, 2.45) is 5.41 Å². The average Bonchev–Trinajstić information content (AvgIpc) is 1.77. The first-order valence-electron chi connectivity index (χ1n) is 3.13. The molecule has 0 saturated heterocycles. The maximum atomic E-state index is 4.97. The molecule has 0 radical (unpaired) electrons. The summed E-state index contributed by atoms with van der Waals surface area (Å²) in [5, 5.41) is 0. The fraction of sp³-hybridized carbons (Fsp3) is 0.500. The Hall–Kier alpha value is -0.720. The van der Waals surface area contributed by atoms with Crippen molar-refractivity contribution in [3.8, 4) is 0 Å². The number of rotatable bonds is 0. The normalized spacial score (nSPS) is 22.8. The second-order valence-corrected chi connectivity index (χ2v) is 2.96. The molecule has 9 heavy (non-hydrogen) atoms. The van der Waals surface area contributed by atoms with Gasteiger partial charge >= 0.3 is 0 Å². The first-order chi connectivity index (χ1) is 4.13. The molecule has 0 aromatic heterocycles. The van der Waals surface area contributed by atoms with E-state index in [4.69, 9.17) is 4.74 Å². The fourth-order valence-corrected chi connectivity index (χ4v) is 0.634.